The smallest absolute Gasteiger partial charge is 0.339 e. The van der Waals surface area contributed by atoms with Gasteiger partial charge in [-0.25, -0.2) is 4.79 Å². The lowest BCUT2D eigenvalue weighted by Gasteiger charge is -2.10. The van der Waals surface area contributed by atoms with Crippen LogP contribution in [0.25, 0.3) is 11.1 Å². The zero-order valence-corrected chi connectivity index (χ0v) is 14.7. The van der Waals surface area contributed by atoms with Gasteiger partial charge in [0.25, 0.3) is 11.6 Å². The van der Waals surface area contributed by atoms with E-state index < -0.39 is 23.4 Å². The lowest BCUT2D eigenvalue weighted by atomic mass is 10.00. The van der Waals surface area contributed by atoms with Gasteiger partial charge in [0.15, 0.2) is 6.61 Å². The molecule has 1 N–H and O–H groups in total. The molecule has 3 aromatic rings. The van der Waals surface area contributed by atoms with Crippen LogP contribution in [0.4, 0.5) is 11.4 Å². The van der Waals surface area contributed by atoms with Crippen molar-refractivity contribution in [3.63, 3.8) is 0 Å². The minimum atomic E-state index is -0.613. The largest absolute Gasteiger partial charge is 0.452 e. The second-order valence-electron chi connectivity index (χ2n) is 5.84. The number of hydrogen-bond acceptors (Lipinski definition) is 5. The van der Waals surface area contributed by atoms with Gasteiger partial charge in [-0.05, 0) is 29.3 Å². The highest BCUT2D eigenvalue weighted by atomic mass is 16.6. The van der Waals surface area contributed by atoms with E-state index in [1.54, 1.807) is 12.1 Å². The lowest BCUT2D eigenvalue weighted by Crippen LogP contribution is -2.21. The first-order valence-corrected chi connectivity index (χ1v) is 8.40. The van der Waals surface area contributed by atoms with Gasteiger partial charge in [-0.3, -0.25) is 14.9 Å². The molecule has 0 bridgehead atoms. The summed E-state index contributed by atoms with van der Waals surface area (Å²) < 4.78 is 5.13. The number of rotatable bonds is 6. The van der Waals surface area contributed by atoms with E-state index in [-0.39, 0.29) is 5.69 Å². The Bertz CT molecular complexity index is 1000. The highest BCUT2D eigenvalue weighted by Gasteiger charge is 2.15. The van der Waals surface area contributed by atoms with Crippen LogP contribution in [-0.4, -0.2) is 23.4 Å². The number of benzene rings is 3. The summed E-state index contributed by atoms with van der Waals surface area (Å²) in [5.41, 5.74) is 2.23. The number of ether oxygens (including phenoxy) is 1. The molecule has 0 unspecified atom stereocenters. The molecular formula is C21H16N2O5. The fourth-order valence-electron chi connectivity index (χ4n) is 2.60. The molecule has 0 radical (unpaired) electrons. The highest BCUT2D eigenvalue weighted by molar-refractivity contribution is 5.99. The number of nitro groups is 1. The van der Waals surface area contributed by atoms with E-state index in [0.717, 1.165) is 5.56 Å². The lowest BCUT2D eigenvalue weighted by molar-refractivity contribution is -0.384. The molecule has 3 aromatic carbocycles. The van der Waals surface area contributed by atoms with Crippen LogP contribution in [0.1, 0.15) is 10.4 Å². The Labute approximate surface area is 160 Å². The molecule has 0 saturated heterocycles. The molecule has 0 spiro atoms. The Kier molecular flexibility index (Phi) is 5.76. The molecule has 7 heteroatoms. The third-order valence-electron chi connectivity index (χ3n) is 3.93. The van der Waals surface area contributed by atoms with Crippen LogP contribution >= 0.6 is 0 Å². The molecule has 0 atom stereocenters. The summed E-state index contributed by atoms with van der Waals surface area (Å²) in [6, 6.07) is 21.7. The van der Waals surface area contributed by atoms with Crippen molar-refractivity contribution in [3.05, 3.63) is 94.5 Å². The number of nitrogens with zero attached hydrogens (tertiary/aromatic N) is 1. The van der Waals surface area contributed by atoms with E-state index in [0.29, 0.717) is 16.8 Å². The van der Waals surface area contributed by atoms with Gasteiger partial charge < -0.3 is 10.1 Å². The van der Waals surface area contributed by atoms with E-state index in [4.69, 9.17) is 4.74 Å². The van der Waals surface area contributed by atoms with Gasteiger partial charge >= 0.3 is 5.97 Å². The number of nitro benzene ring substituents is 1. The van der Waals surface area contributed by atoms with Gasteiger partial charge in [0, 0.05) is 17.8 Å². The summed E-state index contributed by atoms with van der Waals surface area (Å²) in [5.74, 6) is -1.15. The van der Waals surface area contributed by atoms with Crippen LogP contribution in [0.2, 0.25) is 0 Å². The predicted molar refractivity (Wildman–Crippen MR) is 104 cm³/mol. The third-order valence-corrected chi connectivity index (χ3v) is 3.93. The number of non-ortho nitro benzene ring substituents is 1. The molecule has 0 saturated carbocycles. The van der Waals surface area contributed by atoms with Crippen LogP contribution in [0, 0.1) is 10.1 Å². The number of carbonyl (C=O) groups is 2. The molecule has 3 rings (SSSR count). The third kappa shape index (κ3) is 4.59. The zero-order chi connectivity index (χ0) is 19.9. The number of carbonyl (C=O) groups excluding carboxylic acids is 2. The van der Waals surface area contributed by atoms with Crippen LogP contribution < -0.4 is 5.32 Å². The second-order valence-corrected chi connectivity index (χ2v) is 5.84. The minimum absolute atomic E-state index is 0.0815. The summed E-state index contributed by atoms with van der Waals surface area (Å²) in [6.45, 7) is -0.473. The Morgan fingerprint density at radius 1 is 0.893 bits per heavy atom. The number of anilines is 1. The van der Waals surface area contributed by atoms with Crippen molar-refractivity contribution < 1.29 is 19.2 Å². The summed E-state index contributed by atoms with van der Waals surface area (Å²) in [5, 5.41) is 13.2. The first-order chi connectivity index (χ1) is 13.5. The average Bonchev–Trinajstić information content (AvgIpc) is 2.73. The van der Waals surface area contributed by atoms with E-state index in [1.807, 2.05) is 42.5 Å². The van der Waals surface area contributed by atoms with Crippen molar-refractivity contribution in [1.82, 2.24) is 0 Å². The first kappa shape index (κ1) is 18.8. The van der Waals surface area contributed by atoms with Crippen LogP contribution in [0.5, 0.6) is 0 Å². The summed E-state index contributed by atoms with van der Waals surface area (Å²) >= 11 is 0. The summed E-state index contributed by atoms with van der Waals surface area (Å²) in [7, 11) is 0. The SMILES string of the molecule is O=C(COC(=O)c1ccccc1-c1ccccc1)Nc1ccc([N+](=O)[O-])cc1. The molecule has 28 heavy (non-hydrogen) atoms. The number of esters is 1. The maximum absolute atomic E-state index is 12.4. The van der Waals surface area contributed by atoms with Crippen molar-refractivity contribution >= 4 is 23.3 Å². The van der Waals surface area contributed by atoms with Gasteiger partial charge in [0.2, 0.25) is 0 Å². The van der Waals surface area contributed by atoms with Gasteiger partial charge in [0.1, 0.15) is 0 Å². The molecule has 0 aromatic heterocycles. The second kappa shape index (κ2) is 8.59. The van der Waals surface area contributed by atoms with E-state index in [2.05, 4.69) is 5.32 Å². The van der Waals surface area contributed by atoms with E-state index >= 15 is 0 Å². The fourth-order valence-corrected chi connectivity index (χ4v) is 2.60. The Balaban J connectivity index is 1.63. The topological polar surface area (TPSA) is 98.5 Å². The quantitative estimate of drug-likeness (QED) is 0.397. The summed E-state index contributed by atoms with van der Waals surface area (Å²) in [4.78, 5) is 34.5. The van der Waals surface area contributed by atoms with Gasteiger partial charge in [-0.2, -0.15) is 0 Å². The molecule has 1 amide bonds. The maximum atomic E-state index is 12.4. The standard InChI is InChI=1S/C21H16N2O5/c24-20(22-16-10-12-17(13-11-16)23(26)27)14-28-21(25)19-9-5-4-8-18(19)15-6-2-1-3-7-15/h1-13H,14H2,(H,22,24). The molecule has 7 nitrogen and oxygen atoms in total. The Morgan fingerprint density at radius 2 is 1.54 bits per heavy atom. The van der Waals surface area contributed by atoms with Crippen LogP contribution in [0.15, 0.2) is 78.9 Å². The van der Waals surface area contributed by atoms with Gasteiger partial charge in [0.05, 0.1) is 10.5 Å². The predicted octanol–water partition coefficient (Wildman–Crippen LogP) is 4.06. The van der Waals surface area contributed by atoms with Gasteiger partial charge in [-0.1, -0.05) is 48.5 Å². The number of hydrogen-bond donors (Lipinski definition) is 1. The Hall–Kier alpha value is -4.00. The highest BCUT2D eigenvalue weighted by Crippen LogP contribution is 2.24. The monoisotopic (exact) mass is 376 g/mol. The number of nitrogens with one attached hydrogen (secondary N) is 1. The molecule has 0 aliphatic rings. The average molecular weight is 376 g/mol. The van der Waals surface area contributed by atoms with Crippen LogP contribution in [-0.2, 0) is 9.53 Å². The van der Waals surface area contributed by atoms with Crippen molar-refractivity contribution in [3.8, 4) is 11.1 Å². The van der Waals surface area contributed by atoms with Crippen molar-refractivity contribution in [2.45, 2.75) is 0 Å². The molecule has 0 fully saturated rings. The van der Waals surface area contributed by atoms with E-state index in [1.165, 1.54) is 24.3 Å². The first-order valence-electron chi connectivity index (χ1n) is 8.40. The molecule has 140 valence electrons. The number of amides is 1. The minimum Gasteiger partial charge on any atom is -0.452 e. The van der Waals surface area contributed by atoms with Crippen LogP contribution in [0.3, 0.4) is 0 Å². The van der Waals surface area contributed by atoms with Crippen molar-refractivity contribution in [2.75, 3.05) is 11.9 Å². The van der Waals surface area contributed by atoms with Crippen molar-refractivity contribution in [2.24, 2.45) is 0 Å². The molecule has 0 heterocycles. The van der Waals surface area contributed by atoms with Gasteiger partial charge in [-0.15, -0.1) is 0 Å². The Morgan fingerprint density at radius 3 is 2.21 bits per heavy atom. The molecule has 0 aliphatic heterocycles. The zero-order valence-electron chi connectivity index (χ0n) is 14.7. The van der Waals surface area contributed by atoms with Crippen molar-refractivity contribution in [1.29, 1.82) is 0 Å². The summed E-state index contributed by atoms with van der Waals surface area (Å²) in [6.07, 6.45) is 0. The normalized spacial score (nSPS) is 10.1. The molecule has 0 aliphatic carbocycles. The van der Waals surface area contributed by atoms with E-state index in [9.17, 15) is 19.7 Å². The maximum Gasteiger partial charge on any atom is 0.339 e. The molecular weight excluding hydrogens is 360 g/mol. The fraction of sp³-hybridized carbons (Fsp3) is 0.0476.